The van der Waals surface area contributed by atoms with Crippen LogP contribution in [0.1, 0.15) is 12.5 Å². The summed E-state index contributed by atoms with van der Waals surface area (Å²) in [5, 5.41) is 38.6. The summed E-state index contributed by atoms with van der Waals surface area (Å²) in [6.07, 6.45) is -2.14. The lowest BCUT2D eigenvalue weighted by molar-refractivity contribution is -0.183. The van der Waals surface area contributed by atoms with Crippen LogP contribution in [0.25, 0.3) is 0 Å². The van der Waals surface area contributed by atoms with E-state index in [0.717, 1.165) is 0 Å². The Balaban J connectivity index is 2.14. The highest BCUT2D eigenvalue weighted by atomic mass is 16.5. The van der Waals surface area contributed by atoms with Gasteiger partial charge in [0, 0.05) is 11.8 Å². The van der Waals surface area contributed by atoms with E-state index in [2.05, 4.69) is 4.99 Å². The summed E-state index contributed by atoms with van der Waals surface area (Å²) in [4.78, 5) is 4.19. The molecular weight excluding hydrogens is 262 g/mol. The molecule has 20 heavy (non-hydrogen) atoms. The lowest BCUT2D eigenvalue weighted by Gasteiger charge is -2.39. The molecule has 0 aromatic heterocycles. The molecule has 6 nitrogen and oxygen atoms in total. The minimum atomic E-state index is -1.19. The second-order valence-corrected chi connectivity index (χ2v) is 4.87. The van der Waals surface area contributed by atoms with Crippen molar-refractivity contribution in [2.45, 2.75) is 37.4 Å². The maximum atomic E-state index is 10.0. The number of aliphatic hydroxyl groups excluding tert-OH is 3. The normalized spacial score (nSPS) is 34.5. The van der Waals surface area contributed by atoms with E-state index in [4.69, 9.17) is 9.84 Å². The van der Waals surface area contributed by atoms with Gasteiger partial charge in [0.25, 0.3) is 0 Å². The number of nitrogens with zero attached hydrogens (tertiary/aromatic N) is 1. The van der Waals surface area contributed by atoms with Crippen LogP contribution < -0.4 is 0 Å². The zero-order valence-corrected chi connectivity index (χ0v) is 11.1. The Kier molecular flexibility index (Phi) is 4.72. The standard InChI is InChI=1S/C14H19NO5/c1-8-12(14(19)13(18)11(7-16)20-8)15-6-9-4-2-3-5-10(9)17/h2-6,8,11-14,16-19H,7H2,1H3/b15-6+. The van der Waals surface area contributed by atoms with Gasteiger partial charge < -0.3 is 25.2 Å². The van der Waals surface area contributed by atoms with Crippen molar-refractivity contribution < 1.29 is 25.2 Å². The molecule has 0 saturated carbocycles. The highest BCUT2D eigenvalue weighted by molar-refractivity contribution is 5.83. The number of benzene rings is 1. The number of ether oxygens (including phenoxy) is 1. The monoisotopic (exact) mass is 281 g/mol. The number of para-hydroxylation sites is 1. The van der Waals surface area contributed by atoms with E-state index in [0.29, 0.717) is 5.56 Å². The molecule has 2 rings (SSSR count). The van der Waals surface area contributed by atoms with Gasteiger partial charge in [0.15, 0.2) is 0 Å². The summed E-state index contributed by atoms with van der Waals surface area (Å²) in [7, 11) is 0. The van der Waals surface area contributed by atoms with Crippen LogP contribution in [0.2, 0.25) is 0 Å². The topological polar surface area (TPSA) is 103 Å². The Morgan fingerprint density at radius 1 is 1.25 bits per heavy atom. The van der Waals surface area contributed by atoms with E-state index in [1.807, 2.05) is 0 Å². The molecule has 1 fully saturated rings. The molecule has 5 unspecified atom stereocenters. The summed E-state index contributed by atoms with van der Waals surface area (Å²) in [6, 6.07) is 6.02. The molecule has 1 saturated heterocycles. The summed E-state index contributed by atoms with van der Waals surface area (Å²) < 4.78 is 5.41. The van der Waals surface area contributed by atoms with Crippen molar-refractivity contribution in [1.82, 2.24) is 0 Å². The van der Waals surface area contributed by atoms with Crippen molar-refractivity contribution in [1.29, 1.82) is 0 Å². The molecule has 6 heteroatoms. The molecule has 0 amide bonds. The van der Waals surface area contributed by atoms with Crippen LogP contribution in [0.15, 0.2) is 29.3 Å². The molecule has 0 radical (unpaired) electrons. The lowest BCUT2D eigenvalue weighted by Crippen LogP contribution is -2.57. The number of phenolic OH excluding ortho intramolecular Hbond substituents is 1. The zero-order chi connectivity index (χ0) is 14.7. The number of aromatic hydroxyl groups is 1. The third-order valence-corrected chi connectivity index (χ3v) is 3.45. The van der Waals surface area contributed by atoms with Crippen LogP contribution in [0, 0.1) is 0 Å². The maximum Gasteiger partial charge on any atom is 0.124 e. The summed E-state index contributed by atoms with van der Waals surface area (Å²) in [5.41, 5.74) is 0.519. The van der Waals surface area contributed by atoms with Crippen molar-refractivity contribution in [2.75, 3.05) is 6.61 Å². The lowest BCUT2D eigenvalue weighted by atomic mass is 9.94. The summed E-state index contributed by atoms with van der Waals surface area (Å²) in [6.45, 7) is 1.35. The first-order chi connectivity index (χ1) is 9.54. The molecule has 5 atom stereocenters. The highest BCUT2D eigenvalue weighted by Gasteiger charge is 2.41. The first-order valence-electron chi connectivity index (χ1n) is 6.48. The zero-order valence-electron chi connectivity index (χ0n) is 11.1. The molecular formula is C14H19NO5. The fraction of sp³-hybridized carbons (Fsp3) is 0.500. The number of hydrogen-bond acceptors (Lipinski definition) is 6. The van der Waals surface area contributed by atoms with E-state index in [9.17, 15) is 15.3 Å². The van der Waals surface area contributed by atoms with Gasteiger partial charge in [-0.15, -0.1) is 0 Å². The molecule has 1 aromatic carbocycles. The molecule has 1 aliphatic heterocycles. The molecule has 0 aliphatic carbocycles. The van der Waals surface area contributed by atoms with Crippen LogP contribution in [0.3, 0.4) is 0 Å². The third kappa shape index (κ3) is 2.99. The van der Waals surface area contributed by atoms with Gasteiger partial charge in [-0.05, 0) is 19.1 Å². The fourth-order valence-corrected chi connectivity index (χ4v) is 2.26. The maximum absolute atomic E-state index is 10.0. The number of hydrogen-bond donors (Lipinski definition) is 4. The number of aliphatic hydroxyl groups is 3. The number of rotatable bonds is 3. The quantitative estimate of drug-likeness (QED) is 0.569. The third-order valence-electron chi connectivity index (χ3n) is 3.45. The average Bonchev–Trinajstić information content (AvgIpc) is 2.44. The van der Waals surface area contributed by atoms with E-state index in [-0.39, 0.29) is 12.4 Å². The average molecular weight is 281 g/mol. The van der Waals surface area contributed by atoms with Gasteiger partial charge in [0.2, 0.25) is 0 Å². The molecule has 110 valence electrons. The van der Waals surface area contributed by atoms with Gasteiger partial charge in [-0.1, -0.05) is 12.1 Å². The number of aliphatic imine (C=N–C) groups is 1. The highest BCUT2D eigenvalue weighted by Crippen LogP contribution is 2.23. The van der Waals surface area contributed by atoms with Crippen LogP contribution in [0.5, 0.6) is 5.75 Å². The van der Waals surface area contributed by atoms with Crippen molar-refractivity contribution in [3.8, 4) is 5.75 Å². The minimum Gasteiger partial charge on any atom is -0.507 e. The van der Waals surface area contributed by atoms with Crippen LogP contribution >= 0.6 is 0 Å². The molecule has 0 spiro atoms. The predicted molar refractivity (Wildman–Crippen MR) is 72.9 cm³/mol. The van der Waals surface area contributed by atoms with Crippen LogP contribution in [-0.2, 0) is 4.74 Å². The first-order valence-corrected chi connectivity index (χ1v) is 6.48. The van der Waals surface area contributed by atoms with Gasteiger partial charge in [-0.2, -0.15) is 0 Å². The first kappa shape index (κ1) is 14.9. The van der Waals surface area contributed by atoms with E-state index < -0.39 is 30.5 Å². The van der Waals surface area contributed by atoms with Crippen LogP contribution in [-0.4, -0.2) is 63.7 Å². The summed E-state index contributed by atoms with van der Waals surface area (Å²) in [5.74, 6) is 0.0869. The molecule has 0 bridgehead atoms. The van der Waals surface area contributed by atoms with Gasteiger partial charge >= 0.3 is 0 Å². The van der Waals surface area contributed by atoms with Crippen molar-refractivity contribution in [3.05, 3.63) is 29.8 Å². The Bertz CT molecular complexity index is 478. The van der Waals surface area contributed by atoms with Crippen molar-refractivity contribution in [2.24, 2.45) is 4.99 Å². The second kappa shape index (κ2) is 6.32. The Hall–Kier alpha value is -1.47. The van der Waals surface area contributed by atoms with E-state index >= 15 is 0 Å². The molecule has 1 aliphatic rings. The van der Waals surface area contributed by atoms with Gasteiger partial charge in [0.05, 0.1) is 12.7 Å². The SMILES string of the molecule is CC1OC(CO)C(O)C(O)C1/N=C/c1ccccc1O. The van der Waals surface area contributed by atoms with Crippen molar-refractivity contribution in [3.63, 3.8) is 0 Å². The molecule has 4 N–H and O–H groups in total. The fourth-order valence-electron chi connectivity index (χ4n) is 2.26. The molecule has 1 heterocycles. The predicted octanol–water partition coefficient (Wildman–Crippen LogP) is -0.319. The Morgan fingerprint density at radius 2 is 1.95 bits per heavy atom. The smallest absolute Gasteiger partial charge is 0.124 e. The Morgan fingerprint density at radius 3 is 2.60 bits per heavy atom. The minimum absolute atomic E-state index is 0.0869. The van der Waals surface area contributed by atoms with E-state index in [1.54, 1.807) is 25.1 Å². The largest absolute Gasteiger partial charge is 0.507 e. The van der Waals surface area contributed by atoms with Crippen molar-refractivity contribution >= 4 is 6.21 Å². The van der Waals surface area contributed by atoms with Crippen LogP contribution in [0.4, 0.5) is 0 Å². The van der Waals surface area contributed by atoms with E-state index in [1.165, 1.54) is 12.3 Å². The van der Waals surface area contributed by atoms with Gasteiger partial charge in [-0.25, -0.2) is 0 Å². The Labute approximate surface area is 117 Å². The molecule has 1 aromatic rings. The van der Waals surface area contributed by atoms with Gasteiger partial charge in [-0.3, -0.25) is 4.99 Å². The summed E-state index contributed by atoms with van der Waals surface area (Å²) >= 11 is 0. The van der Waals surface area contributed by atoms with Gasteiger partial charge in [0.1, 0.15) is 30.1 Å². The number of phenols is 1. The second-order valence-electron chi connectivity index (χ2n) is 4.87.